The topological polar surface area (TPSA) is 80.9 Å². The van der Waals surface area contributed by atoms with E-state index in [1.165, 1.54) is 19.1 Å². The maximum Gasteiger partial charge on any atom is 0.143 e. The quantitative estimate of drug-likeness (QED) is 0.440. The van der Waals surface area contributed by atoms with Crippen LogP contribution in [-0.2, 0) is 0 Å². The smallest absolute Gasteiger partial charge is 0.143 e. The molecule has 2 aromatic rings. The van der Waals surface area contributed by atoms with Gasteiger partial charge in [0, 0.05) is 16.5 Å². The van der Waals surface area contributed by atoms with Crippen LogP contribution in [0, 0.1) is 0 Å². The molecule has 0 aliphatic heterocycles. The predicted molar refractivity (Wildman–Crippen MR) is 104 cm³/mol. The van der Waals surface area contributed by atoms with Gasteiger partial charge in [0.2, 0.25) is 0 Å². The van der Waals surface area contributed by atoms with E-state index in [9.17, 15) is 20.4 Å². The van der Waals surface area contributed by atoms with E-state index in [1.54, 1.807) is 12.1 Å². The molecule has 0 spiro atoms. The fourth-order valence-electron chi connectivity index (χ4n) is 2.43. The molecule has 4 N–H and O–H groups in total. The SMILES string of the molecule is CC(O)C(O)C(c1cc(Br)c(O)c(Br)c1)c1cc(Cl)cc(Br)c1O. The molecule has 4 nitrogen and oxygen atoms in total. The van der Waals surface area contributed by atoms with Crippen LogP contribution in [0.25, 0.3) is 0 Å². The van der Waals surface area contributed by atoms with Crippen LogP contribution in [0.5, 0.6) is 11.5 Å². The van der Waals surface area contributed by atoms with E-state index in [0.29, 0.717) is 29.6 Å². The molecule has 130 valence electrons. The Balaban J connectivity index is 2.72. The monoisotopic (exact) mass is 542 g/mol. The Morgan fingerprint density at radius 3 is 1.88 bits per heavy atom. The van der Waals surface area contributed by atoms with Crippen LogP contribution in [0.3, 0.4) is 0 Å². The van der Waals surface area contributed by atoms with Gasteiger partial charge >= 0.3 is 0 Å². The Morgan fingerprint density at radius 1 is 0.875 bits per heavy atom. The molecule has 0 bridgehead atoms. The number of phenolic OH excluding ortho intramolecular Hbond substituents is 2. The standard InChI is InChI=1S/C16H14Br3ClO4/c1-6(21)14(22)13(7-2-10(17)16(24)11(18)3-7)9-4-8(20)5-12(19)15(9)23/h2-6,13-14,21-24H,1H3. The summed E-state index contributed by atoms with van der Waals surface area (Å²) in [4.78, 5) is 0. The van der Waals surface area contributed by atoms with Gasteiger partial charge in [0.05, 0.1) is 25.6 Å². The van der Waals surface area contributed by atoms with Crippen molar-refractivity contribution in [2.75, 3.05) is 0 Å². The third kappa shape index (κ3) is 4.08. The van der Waals surface area contributed by atoms with Gasteiger partial charge in [-0.05, 0) is 84.5 Å². The Labute approximate surface area is 169 Å². The van der Waals surface area contributed by atoms with Crippen molar-refractivity contribution in [2.24, 2.45) is 0 Å². The van der Waals surface area contributed by atoms with Gasteiger partial charge in [-0.3, -0.25) is 0 Å². The van der Waals surface area contributed by atoms with Crippen LogP contribution >= 0.6 is 59.4 Å². The van der Waals surface area contributed by atoms with Crippen molar-refractivity contribution >= 4 is 59.4 Å². The molecule has 0 saturated carbocycles. The number of aliphatic hydroxyl groups is 2. The Kier molecular flexibility index (Phi) is 6.61. The second kappa shape index (κ2) is 7.93. The summed E-state index contributed by atoms with van der Waals surface area (Å²) in [7, 11) is 0. The Bertz CT molecular complexity index is 744. The molecule has 8 heteroatoms. The fraction of sp³-hybridized carbons (Fsp3) is 0.250. The van der Waals surface area contributed by atoms with Gasteiger partial charge in [-0.2, -0.15) is 0 Å². The zero-order chi connectivity index (χ0) is 18.2. The summed E-state index contributed by atoms with van der Waals surface area (Å²) in [6.45, 7) is 1.46. The number of hydrogen-bond donors (Lipinski definition) is 4. The summed E-state index contributed by atoms with van der Waals surface area (Å²) in [5.74, 6) is -0.835. The Morgan fingerprint density at radius 2 is 1.38 bits per heavy atom. The summed E-state index contributed by atoms with van der Waals surface area (Å²) in [5, 5.41) is 41.1. The van der Waals surface area contributed by atoms with Crippen molar-refractivity contribution in [2.45, 2.75) is 25.0 Å². The lowest BCUT2D eigenvalue weighted by molar-refractivity contribution is 0.0208. The van der Waals surface area contributed by atoms with E-state index >= 15 is 0 Å². The average Bonchev–Trinajstić information content (AvgIpc) is 2.49. The molecular weight excluding hydrogens is 531 g/mol. The number of rotatable bonds is 4. The molecule has 0 aliphatic rings. The van der Waals surface area contributed by atoms with E-state index in [1.807, 2.05) is 0 Å². The van der Waals surface area contributed by atoms with Crippen LogP contribution < -0.4 is 0 Å². The lowest BCUT2D eigenvalue weighted by Gasteiger charge is -2.27. The lowest BCUT2D eigenvalue weighted by Crippen LogP contribution is -2.30. The predicted octanol–water partition coefficient (Wildman–Crippen LogP) is 4.91. The second-order valence-electron chi connectivity index (χ2n) is 5.37. The maximum atomic E-state index is 10.5. The number of aliphatic hydroxyl groups excluding tert-OH is 2. The molecule has 0 amide bonds. The summed E-state index contributed by atoms with van der Waals surface area (Å²) in [6.07, 6.45) is -2.26. The van der Waals surface area contributed by atoms with Crippen LogP contribution in [-0.4, -0.2) is 32.6 Å². The molecule has 0 aliphatic carbocycles. The van der Waals surface area contributed by atoms with Crippen molar-refractivity contribution in [3.63, 3.8) is 0 Å². The van der Waals surface area contributed by atoms with Gasteiger partial charge < -0.3 is 20.4 Å². The number of phenols is 2. The fourth-order valence-corrected chi connectivity index (χ4v) is 4.48. The highest BCUT2D eigenvalue weighted by Crippen LogP contribution is 2.43. The number of hydrogen-bond acceptors (Lipinski definition) is 4. The first kappa shape index (κ1) is 20.0. The molecule has 0 fully saturated rings. The summed E-state index contributed by atoms with van der Waals surface area (Å²) < 4.78 is 1.20. The highest BCUT2D eigenvalue weighted by Gasteiger charge is 2.31. The molecule has 2 rings (SSSR count). The van der Waals surface area contributed by atoms with E-state index in [0.717, 1.165) is 0 Å². The minimum absolute atomic E-state index is 0.0144. The molecule has 3 unspecified atom stereocenters. The van der Waals surface area contributed by atoms with Crippen molar-refractivity contribution in [1.82, 2.24) is 0 Å². The van der Waals surface area contributed by atoms with Gasteiger partial charge in [0.25, 0.3) is 0 Å². The maximum absolute atomic E-state index is 10.5. The zero-order valence-corrected chi connectivity index (χ0v) is 17.9. The van der Waals surface area contributed by atoms with E-state index in [4.69, 9.17) is 11.6 Å². The van der Waals surface area contributed by atoms with Crippen LogP contribution in [0.15, 0.2) is 37.7 Å². The first-order chi connectivity index (χ1) is 11.1. The average molecular weight is 545 g/mol. The molecule has 0 heterocycles. The normalized spacial score (nSPS) is 15.1. The highest BCUT2D eigenvalue weighted by molar-refractivity contribution is 9.11. The first-order valence-corrected chi connectivity index (χ1v) is 9.61. The van der Waals surface area contributed by atoms with Gasteiger partial charge in [0.15, 0.2) is 0 Å². The zero-order valence-electron chi connectivity index (χ0n) is 12.3. The minimum atomic E-state index is -1.20. The number of aromatic hydroxyl groups is 2. The van der Waals surface area contributed by atoms with E-state index in [-0.39, 0.29) is 11.5 Å². The molecule has 0 saturated heterocycles. The Hall–Kier alpha value is -0.310. The van der Waals surface area contributed by atoms with Crippen molar-refractivity contribution in [3.8, 4) is 11.5 Å². The number of halogens is 4. The van der Waals surface area contributed by atoms with E-state index < -0.39 is 18.1 Å². The van der Waals surface area contributed by atoms with Gasteiger partial charge in [-0.15, -0.1) is 0 Å². The largest absolute Gasteiger partial charge is 0.506 e. The molecule has 3 atom stereocenters. The van der Waals surface area contributed by atoms with Crippen molar-refractivity contribution in [3.05, 3.63) is 53.8 Å². The van der Waals surface area contributed by atoms with Gasteiger partial charge in [0.1, 0.15) is 11.5 Å². The van der Waals surface area contributed by atoms with Crippen molar-refractivity contribution in [1.29, 1.82) is 0 Å². The van der Waals surface area contributed by atoms with Gasteiger partial charge in [-0.1, -0.05) is 11.6 Å². The molecule has 0 radical (unpaired) electrons. The second-order valence-corrected chi connectivity index (χ2v) is 8.37. The third-order valence-electron chi connectivity index (χ3n) is 3.63. The van der Waals surface area contributed by atoms with E-state index in [2.05, 4.69) is 47.8 Å². The van der Waals surface area contributed by atoms with Crippen LogP contribution in [0.1, 0.15) is 24.0 Å². The lowest BCUT2D eigenvalue weighted by atomic mass is 9.84. The van der Waals surface area contributed by atoms with Gasteiger partial charge in [-0.25, -0.2) is 0 Å². The van der Waals surface area contributed by atoms with Crippen LogP contribution in [0.4, 0.5) is 0 Å². The molecule has 0 aromatic heterocycles. The molecule has 2 aromatic carbocycles. The number of benzene rings is 2. The first-order valence-electron chi connectivity index (χ1n) is 6.85. The van der Waals surface area contributed by atoms with Crippen LogP contribution in [0.2, 0.25) is 5.02 Å². The van der Waals surface area contributed by atoms with Crippen molar-refractivity contribution < 1.29 is 20.4 Å². The molecule has 24 heavy (non-hydrogen) atoms. The summed E-state index contributed by atoms with van der Waals surface area (Å²) in [6, 6.07) is 6.30. The third-order valence-corrected chi connectivity index (χ3v) is 5.66. The molecular formula is C16H14Br3ClO4. The highest BCUT2D eigenvalue weighted by atomic mass is 79.9. The minimum Gasteiger partial charge on any atom is -0.506 e. The summed E-state index contributed by atoms with van der Waals surface area (Å²) >= 11 is 15.8. The summed E-state index contributed by atoms with van der Waals surface area (Å²) in [5.41, 5.74) is 0.927.